The van der Waals surface area contributed by atoms with Crippen LogP contribution in [0.1, 0.15) is 24.1 Å². The van der Waals surface area contributed by atoms with Gasteiger partial charge in [0, 0.05) is 21.1 Å². The summed E-state index contributed by atoms with van der Waals surface area (Å²) in [6.45, 7) is 4.29. The highest BCUT2D eigenvalue weighted by Gasteiger charge is 2.08. The van der Waals surface area contributed by atoms with Crippen LogP contribution in [-0.4, -0.2) is 6.26 Å². The topological polar surface area (TPSA) is 12.0 Å². The number of rotatable bonds is 4. The van der Waals surface area contributed by atoms with Crippen LogP contribution in [0.2, 0.25) is 0 Å². The Morgan fingerprint density at radius 1 is 1.11 bits per heavy atom. The molecular weight excluding hydrogens is 318 g/mol. The molecule has 0 aliphatic heterocycles. The summed E-state index contributed by atoms with van der Waals surface area (Å²) in [7, 11) is 0. The Hall–Kier alpha value is -0.930. The summed E-state index contributed by atoms with van der Waals surface area (Å²) in [4.78, 5) is 1.30. The molecule has 2 aromatic rings. The molecule has 0 heterocycles. The number of hydrogen-bond acceptors (Lipinski definition) is 2. The minimum absolute atomic E-state index is 0.286. The van der Waals surface area contributed by atoms with Gasteiger partial charge in [-0.1, -0.05) is 24.3 Å². The molecule has 3 heteroatoms. The quantitative estimate of drug-likeness (QED) is 0.724. The first kappa shape index (κ1) is 14.5. The fourth-order valence-electron chi connectivity index (χ4n) is 1.97. The molecule has 100 valence electrons. The number of halogens is 1. The number of hydrogen-bond donors (Lipinski definition) is 1. The number of benzene rings is 2. The van der Waals surface area contributed by atoms with Crippen molar-refractivity contribution in [1.29, 1.82) is 0 Å². The fourth-order valence-corrected chi connectivity index (χ4v) is 2.76. The van der Waals surface area contributed by atoms with Crippen molar-refractivity contribution in [3.8, 4) is 0 Å². The minimum Gasteiger partial charge on any atom is -0.378 e. The molecule has 2 aromatic carbocycles. The van der Waals surface area contributed by atoms with Crippen molar-refractivity contribution in [3.05, 3.63) is 58.1 Å². The normalized spacial score (nSPS) is 12.2. The molecule has 0 aromatic heterocycles. The Morgan fingerprint density at radius 2 is 1.79 bits per heavy atom. The molecule has 0 spiro atoms. The second-order valence-electron chi connectivity index (χ2n) is 4.58. The van der Waals surface area contributed by atoms with Gasteiger partial charge in [0.05, 0.1) is 0 Å². The molecule has 0 radical (unpaired) electrons. The van der Waals surface area contributed by atoms with Crippen LogP contribution in [-0.2, 0) is 0 Å². The third-order valence-corrected chi connectivity index (χ3v) is 4.98. The Balaban J connectivity index is 2.15. The summed E-state index contributed by atoms with van der Waals surface area (Å²) in [5.41, 5.74) is 3.68. The van der Waals surface area contributed by atoms with Gasteiger partial charge in [0.15, 0.2) is 0 Å². The first-order valence-corrected chi connectivity index (χ1v) is 8.29. The van der Waals surface area contributed by atoms with Crippen molar-refractivity contribution >= 4 is 33.4 Å². The van der Waals surface area contributed by atoms with E-state index in [1.165, 1.54) is 16.0 Å². The average Bonchev–Trinajstić information content (AvgIpc) is 2.44. The van der Waals surface area contributed by atoms with E-state index in [-0.39, 0.29) is 6.04 Å². The first-order chi connectivity index (χ1) is 9.11. The molecule has 0 fully saturated rings. The van der Waals surface area contributed by atoms with Crippen LogP contribution in [0.3, 0.4) is 0 Å². The van der Waals surface area contributed by atoms with Crippen molar-refractivity contribution < 1.29 is 0 Å². The van der Waals surface area contributed by atoms with E-state index in [0.717, 1.165) is 10.2 Å². The lowest BCUT2D eigenvalue weighted by molar-refractivity contribution is 0.881. The van der Waals surface area contributed by atoms with Gasteiger partial charge in [0.2, 0.25) is 0 Å². The minimum atomic E-state index is 0.286. The van der Waals surface area contributed by atoms with Crippen LogP contribution in [0.25, 0.3) is 0 Å². The van der Waals surface area contributed by atoms with E-state index in [1.807, 2.05) is 0 Å². The van der Waals surface area contributed by atoms with Gasteiger partial charge in [0.1, 0.15) is 0 Å². The Kier molecular flexibility index (Phi) is 4.94. The number of aryl methyl sites for hydroxylation is 1. The smallest absolute Gasteiger partial charge is 0.0492 e. The maximum Gasteiger partial charge on any atom is 0.0492 e. The van der Waals surface area contributed by atoms with Crippen molar-refractivity contribution in [2.24, 2.45) is 0 Å². The van der Waals surface area contributed by atoms with E-state index in [1.54, 1.807) is 11.8 Å². The van der Waals surface area contributed by atoms with Crippen LogP contribution < -0.4 is 5.32 Å². The Bertz CT molecular complexity index is 551. The van der Waals surface area contributed by atoms with E-state index in [9.17, 15) is 0 Å². The molecule has 19 heavy (non-hydrogen) atoms. The van der Waals surface area contributed by atoms with Crippen LogP contribution in [0.4, 0.5) is 5.69 Å². The zero-order chi connectivity index (χ0) is 13.8. The first-order valence-electron chi connectivity index (χ1n) is 6.27. The van der Waals surface area contributed by atoms with Gasteiger partial charge in [-0.3, -0.25) is 0 Å². The molecular formula is C16H18BrNS. The van der Waals surface area contributed by atoms with Gasteiger partial charge in [-0.25, -0.2) is 0 Å². The standard InChI is InChI=1S/C16H18BrNS/c1-11-5-4-6-15(16(11)17)18-12(2)13-7-9-14(19-3)10-8-13/h4-10,12,18H,1-3H3. The molecule has 0 amide bonds. The van der Waals surface area contributed by atoms with Crippen LogP contribution in [0.15, 0.2) is 51.8 Å². The van der Waals surface area contributed by atoms with Gasteiger partial charge in [-0.2, -0.15) is 0 Å². The molecule has 1 N–H and O–H groups in total. The molecule has 2 rings (SSSR count). The maximum atomic E-state index is 3.64. The third-order valence-electron chi connectivity index (χ3n) is 3.18. The molecule has 1 nitrogen and oxygen atoms in total. The van der Waals surface area contributed by atoms with Gasteiger partial charge >= 0.3 is 0 Å². The monoisotopic (exact) mass is 335 g/mol. The summed E-state index contributed by atoms with van der Waals surface area (Å²) < 4.78 is 1.14. The Morgan fingerprint density at radius 3 is 2.42 bits per heavy atom. The Labute approximate surface area is 127 Å². The van der Waals surface area contributed by atoms with E-state index in [4.69, 9.17) is 0 Å². The van der Waals surface area contributed by atoms with E-state index >= 15 is 0 Å². The zero-order valence-corrected chi connectivity index (χ0v) is 13.8. The molecule has 1 atom stereocenters. The third kappa shape index (κ3) is 3.54. The zero-order valence-electron chi connectivity index (χ0n) is 11.4. The van der Waals surface area contributed by atoms with Crippen LogP contribution in [0.5, 0.6) is 0 Å². The molecule has 0 bridgehead atoms. The molecule has 1 unspecified atom stereocenters. The summed E-state index contributed by atoms with van der Waals surface area (Å²) in [5.74, 6) is 0. The second-order valence-corrected chi connectivity index (χ2v) is 6.25. The average molecular weight is 336 g/mol. The summed E-state index contributed by atoms with van der Waals surface area (Å²) in [5, 5.41) is 3.55. The number of nitrogens with one attached hydrogen (secondary N) is 1. The van der Waals surface area contributed by atoms with Gasteiger partial charge in [0.25, 0.3) is 0 Å². The summed E-state index contributed by atoms with van der Waals surface area (Å²) >= 11 is 5.41. The highest BCUT2D eigenvalue weighted by molar-refractivity contribution is 9.10. The molecule has 0 aliphatic carbocycles. The lowest BCUT2D eigenvalue weighted by Gasteiger charge is -2.18. The highest BCUT2D eigenvalue weighted by Crippen LogP contribution is 2.29. The highest BCUT2D eigenvalue weighted by atomic mass is 79.9. The summed E-state index contributed by atoms with van der Waals surface area (Å²) in [6, 6.07) is 15.3. The maximum absolute atomic E-state index is 3.64. The largest absolute Gasteiger partial charge is 0.378 e. The predicted molar refractivity (Wildman–Crippen MR) is 89.1 cm³/mol. The lowest BCUT2D eigenvalue weighted by atomic mass is 10.1. The van der Waals surface area contributed by atoms with Gasteiger partial charge in [-0.15, -0.1) is 11.8 Å². The number of thioether (sulfide) groups is 1. The van der Waals surface area contributed by atoms with Gasteiger partial charge in [-0.05, 0) is 65.4 Å². The van der Waals surface area contributed by atoms with Crippen molar-refractivity contribution in [2.75, 3.05) is 11.6 Å². The fraction of sp³-hybridized carbons (Fsp3) is 0.250. The predicted octanol–water partition coefficient (Wildman–Crippen LogP) is 5.65. The van der Waals surface area contributed by atoms with E-state index < -0.39 is 0 Å². The SMILES string of the molecule is CSc1ccc(C(C)Nc2cccc(C)c2Br)cc1. The van der Waals surface area contributed by atoms with Crippen LogP contribution >= 0.6 is 27.7 Å². The number of anilines is 1. The molecule has 0 saturated heterocycles. The van der Waals surface area contributed by atoms with Crippen molar-refractivity contribution in [1.82, 2.24) is 0 Å². The van der Waals surface area contributed by atoms with E-state index in [2.05, 4.69) is 83.8 Å². The lowest BCUT2D eigenvalue weighted by Crippen LogP contribution is -2.07. The summed E-state index contributed by atoms with van der Waals surface area (Å²) in [6.07, 6.45) is 2.10. The molecule has 0 saturated carbocycles. The van der Waals surface area contributed by atoms with Gasteiger partial charge < -0.3 is 5.32 Å². The van der Waals surface area contributed by atoms with E-state index in [0.29, 0.717) is 0 Å². The molecule has 0 aliphatic rings. The van der Waals surface area contributed by atoms with Crippen molar-refractivity contribution in [2.45, 2.75) is 24.8 Å². The second kappa shape index (κ2) is 6.49. The van der Waals surface area contributed by atoms with Crippen LogP contribution in [0, 0.1) is 6.92 Å². The van der Waals surface area contributed by atoms with Crippen molar-refractivity contribution in [3.63, 3.8) is 0 Å².